The highest BCUT2D eigenvalue weighted by molar-refractivity contribution is 14.1. The van der Waals surface area contributed by atoms with Gasteiger partial charge < -0.3 is 9.47 Å². The third-order valence-electron chi connectivity index (χ3n) is 4.14. The highest BCUT2D eigenvalue weighted by atomic mass is 127. The van der Waals surface area contributed by atoms with Crippen LogP contribution >= 0.6 is 22.6 Å². The highest BCUT2D eigenvalue weighted by Crippen LogP contribution is 2.36. The van der Waals surface area contributed by atoms with Crippen molar-refractivity contribution < 1.29 is 9.47 Å². The van der Waals surface area contributed by atoms with Crippen LogP contribution < -0.4 is 4.74 Å². The number of fused-ring (bicyclic) bond motifs is 2. The molecule has 0 amide bonds. The molecule has 1 fully saturated rings. The first-order valence-electron chi connectivity index (χ1n) is 6.36. The SMILES string of the molecule is COc1ccc(I)c2c1C[C@@H]1[C@@H](C2)OCCN1C. The number of rotatable bonds is 1. The van der Waals surface area contributed by atoms with Gasteiger partial charge in [0.2, 0.25) is 0 Å². The Labute approximate surface area is 122 Å². The predicted molar refractivity (Wildman–Crippen MR) is 79.3 cm³/mol. The number of likely N-dealkylation sites (N-methyl/N-ethyl adjacent to an activating group) is 1. The van der Waals surface area contributed by atoms with E-state index in [1.165, 1.54) is 14.7 Å². The second kappa shape index (κ2) is 4.98. The van der Waals surface area contributed by atoms with Crippen molar-refractivity contribution in [2.24, 2.45) is 0 Å². The second-order valence-corrected chi connectivity index (χ2v) is 6.23. The van der Waals surface area contributed by atoms with Gasteiger partial charge in [-0.1, -0.05) is 0 Å². The summed E-state index contributed by atoms with van der Waals surface area (Å²) < 4.78 is 12.8. The third kappa shape index (κ3) is 2.04. The largest absolute Gasteiger partial charge is 0.496 e. The first-order valence-corrected chi connectivity index (χ1v) is 7.44. The summed E-state index contributed by atoms with van der Waals surface area (Å²) in [7, 11) is 3.96. The molecule has 0 spiro atoms. The summed E-state index contributed by atoms with van der Waals surface area (Å²) in [5.41, 5.74) is 2.80. The number of benzene rings is 1. The molecule has 1 heterocycles. The van der Waals surface area contributed by atoms with Gasteiger partial charge in [0.15, 0.2) is 0 Å². The second-order valence-electron chi connectivity index (χ2n) is 5.07. The smallest absolute Gasteiger partial charge is 0.122 e. The van der Waals surface area contributed by atoms with Gasteiger partial charge in [0.1, 0.15) is 5.75 Å². The number of ether oxygens (including phenoxy) is 2. The Bertz CT molecular complexity index is 463. The number of morpholine rings is 1. The normalized spacial score (nSPS) is 27.5. The van der Waals surface area contributed by atoms with Crippen LogP contribution in [0.2, 0.25) is 0 Å². The van der Waals surface area contributed by atoms with Crippen molar-refractivity contribution in [1.82, 2.24) is 4.90 Å². The van der Waals surface area contributed by atoms with Crippen molar-refractivity contribution in [2.75, 3.05) is 27.3 Å². The fourth-order valence-corrected chi connectivity index (χ4v) is 3.81. The zero-order chi connectivity index (χ0) is 12.7. The Kier molecular flexibility index (Phi) is 3.51. The molecule has 98 valence electrons. The number of methoxy groups -OCH3 is 1. The average molecular weight is 359 g/mol. The Morgan fingerprint density at radius 2 is 2.17 bits per heavy atom. The summed E-state index contributed by atoms with van der Waals surface area (Å²) in [4.78, 5) is 2.43. The minimum Gasteiger partial charge on any atom is -0.496 e. The van der Waals surface area contributed by atoms with E-state index in [-0.39, 0.29) is 0 Å². The molecule has 0 radical (unpaired) electrons. The highest BCUT2D eigenvalue weighted by Gasteiger charge is 2.36. The van der Waals surface area contributed by atoms with Gasteiger partial charge in [-0.15, -0.1) is 0 Å². The topological polar surface area (TPSA) is 21.7 Å². The molecule has 1 aliphatic carbocycles. The molecule has 3 rings (SSSR count). The number of nitrogens with zero attached hydrogens (tertiary/aromatic N) is 1. The molecular weight excluding hydrogens is 341 g/mol. The van der Waals surface area contributed by atoms with E-state index >= 15 is 0 Å². The van der Waals surface area contributed by atoms with Gasteiger partial charge in [0.05, 0.1) is 19.8 Å². The summed E-state index contributed by atoms with van der Waals surface area (Å²) in [6.45, 7) is 1.89. The molecule has 0 N–H and O–H groups in total. The van der Waals surface area contributed by atoms with E-state index in [0.717, 1.165) is 31.7 Å². The quantitative estimate of drug-likeness (QED) is 0.717. The molecule has 1 aliphatic heterocycles. The fourth-order valence-electron chi connectivity index (χ4n) is 3.08. The van der Waals surface area contributed by atoms with Gasteiger partial charge in [0, 0.05) is 28.1 Å². The van der Waals surface area contributed by atoms with Crippen LogP contribution in [0.3, 0.4) is 0 Å². The van der Waals surface area contributed by atoms with Crippen LogP contribution in [0.4, 0.5) is 0 Å². The summed E-state index contributed by atoms with van der Waals surface area (Å²) >= 11 is 2.42. The molecule has 3 nitrogen and oxygen atoms in total. The van der Waals surface area contributed by atoms with Crippen molar-refractivity contribution in [1.29, 1.82) is 0 Å². The maximum Gasteiger partial charge on any atom is 0.122 e. The Morgan fingerprint density at radius 1 is 1.33 bits per heavy atom. The average Bonchev–Trinajstić information content (AvgIpc) is 2.39. The van der Waals surface area contributed by atoms with Crippen molar-refractivity contribution >= 4 is 22.6 Å². The van der Waals surface area contributed by atoms with Crippen LogP contribution in [0.25, 0.3) is 0 Å². The molecule has 1 aromatic carbocycles. The molecule has 4 heteroatoms. The maximum absolute atomic E-state index is 5.95. The molecule has 0 unspecified atom stereocenters. The van der Waals surface area contributed by atoms with Crippen LogP contribution in [0.15, 0.2) is 12.1 Å². The van der Waals surface area contributed by atoms with Gasteiger partial charge in [-0.2, -0.15) is 0 Å². The lowest BCUT2D eigenvalue weighted by Gasteiger charge is -2.43. The molecule has 1 saturated heterocycles. The van der Waals surface area contributed by atoms with Crippen LogP contribution in [0, 0.1) is 3.57 Å². The zero-order valence-corrected chi connectivity index (χ0v) is 12.9. The van der Waals surface area contributed by atoms with Crippen molar-refractivity contribution in [3.63, 3.8) is 0 Å². The van der Waals surface area contributed by atoms with E-state index in [1.807, 2.05) is 0 Å². The van der Waals surface area contributed by atoms with Gasteiger partial charge in [-0.3, -0.25) is 4.90 Å². The summed E-state index contributed by atoms with van der Waals surface area (Å²) in [5.74, 6) is 1.03. The third-order valence-corrected chi connectivity index (χ3v) is 5.15. The Balaban J connectivity index is 2.01. The van der Waals surface area contributed by atoms with E-state index in [1.54, 1.807) is 7.11 Å². The van der Waals surface area contributed by atoms with Crippen LogP contribution in [0.1, 0.15) is 11.1 Å². The molecule has 0 saturated carbocycles. The lowest BCUT2D eigenvalue weighted by Crippen LogP contribution is -2.53. The van der Waals surface area contributed by atoms with Crippen molar-refractivity contribution in [2.45, 2.75) is 25.0 Å². The van der Waals surface area contributed by atoms with Gasteiger partial charge in [-0.05, 0) is 53.8 Å². The number of hydrogen-bond acceptors (Lipinski definition) is 3. The van der Waals surface area contributed by atoms with Crippen molar-refractivity contribution in [3.8, 4) is 5.75 Å². The molecule has 2 aliphatic rings. The Hall–Kier alpha value is -0.330. The monoisotopic (exact) mass is 359 g/mol. The molecule has 1 aromatic rings. The Morgan fingerprint density at radius 3 is 2.94 bits per heavy atom. The zero-order valence-electron chi connectivity index (χ0n) is 10.8. The minimum atomic E-state index is 0.344. The molecule has 0 aromatic heterocycles. The van der Waals surface area contributed by atoms with Gasteiger partial charge in [-0.25, -0.2) is 0 Å². The lowest BCUT2D eigenvalue weighted by molar-refractivity contribution is -0.0647. The summed E-state index contributed by atoms with van der Waals surface area (Å²) in [5, 5.41) is 0. The maximum atomic E-state index is 5.95. The summed E-state index contributed by atoms with van der Waals surface area (Å²) in [6, 6.07) is 4.73. The van der Waals surface area contributed by atoms with E-state index in [4.69, 9.17) is 9.47 Å². The standard InChI is InChI=1S/C14H18INO2/c1-16-5-6-18-14-8-9-10(7-12(14)16)13(17-2)4-3-11(9)15/h3-4,12,14H,5-8H2,1-2H3/t12-,14-/m1/s1. The molecular formula is C14H18INO2. The van der Waals surface area contributed by atoms with E-state index in [2.05, 4.69) is 46.7 Å². The number of halogens is 1. The van der Waals surface area contributed by atoms with E-state index in [0.29, 0.717) is 12.1 Å². The van der Waals surface area contributed by atoms with Crippen molar-refractivity contribution in [3.05, 3.63) is 26.8 Å². The molecule has 18 heavy (non-hydrogen) atoms. The first kappa shape index (κ1) is 12.7. The summed E-state index contributed by atoms with van der Waals surface area (Å²) in [6.07, 6.45) is 2.40. The minimum absolute atomic E-state index is 0.344. The van der Waals surface area contributed by atoms with E-state index < -0.39 is 0 Å². The lowest BCUT2D eigenvalue weighted by atomic mass is 9.84. The number of hydrogen-bond donors (Lipinski definition) is 0. The van der Waals surface area contributed by atoms with Crippen LogP contribution in [-0.2, 0) is 17.6 Å². The first-order chi connectivity index (χ1) is 8.70. The fraction of sp³-hybridized carbons (Fsp3) is 0.571. The molecule has 2 atom stereocenters. The van der Waals surface area contributed by atoms with Gasteiger partial charge >= 0.3 is 0 Å². The predicted octanol–water partition coefficient (Wildman–Crippen LogP) is 2.10. The van der Waals surface area contributed by atoms with E-state index in [9.17, 15) is 0 Å². The van der Waals surface area contributed by atoms with Crippen LogP contribution in [0.5, 0.6) is 5.75 Å². The van der Waals surface area contributed by atoms with Gasteiger partial charge in [0.25, 0.3) is 0 Å². The molecule has 0 bridgehead atoms. The van der Waals surface area contributed by atoms with Crippen LogP contribution in [-0.4, -0.2) is 44.4 Å².